The maximum absolute atomic E-state index is 11.6. The van der Waals surface area contributed by atoms with Gasteiger partial charge in [0.1, 0.15) is 18.7 Å². The molecule has 2 aromatic heterocycles. The van der Waals surface area contributed by atoms with Gasteiger partial charge in [-0.15, -0.1) is 5.10 Å². The van der Waals surface area contributed by atoms with Crippen molar-refractivity contribution in [1.29, 1.82) is 0 Å². The van der Waals surface area contributed by atoms with Gasteiger partial charge in [0.2, 0.25) is 0 Å². The first kappa shape index (κ1) is 13.2. The van der Waals surface area contributed by atoms with Crippen molar-refractivity contribution < 1.29 is 9.53 Å². The number of methoxy groups -OCH3 is 1. The highest BCUT2D eigenvalue weighted by Crippen LogP contribution is 2.09. The van der Waals surface area contributed by atoms with Crippen molar-refractivity contribution in [1.82, 2.24) is 29.8 Å². The van der Waals surface area contributed by atoms with E-state index in [2.05, 4.69) is 25.1 Å². The summed E-state index contributed by atoms with van der Waals surface area (Å²) in [4.78, 5) is 15.7. The zero-order valence-corrected chi connectivity index (χ0v) is 11.2. The van der Waals surface area contributed by atoms with Crippen LogP contribution in [0.4, 0.5) is 0 Å². The van der Waals surface area contributed by atoms with E-state index in [0.29, 0.717) is 13.0 Å². The normalized spacial score (nSPS) is 10.7. The van der Waals surface area contributed by atoms with E-state index in [0.717, 1.165) is 18.1 Å². The number of rotatable bonds is 5. The van der Waals surface area contributed by atoms with Crippen LogP contribution in [0.3, 0.4) is 0 Å². The molecule has 0 radical (unpaired) electrons. The van der Waals surface area contributed by atoms with E-state index in [1.54, 1.807) is 9.36 Å². The molecule has 0 aliphatic carbocycles. The van der Waals surface area contributed by atoms with Crippen molar-refractivity contribution in [2.75, 3.05) is 7.11 Å². The first-order valence-corrected chi connectivity index (χ1v) is 6.08. The molecule has 0 atom stereocenters. The molecule has 0 aliphatic heterocycles. The lowest BCUT2D eigenvalue weighted by atomic mass is 10.2. The summed E-state index contributed by atoms with van der Waals surface area (Å²) in [7, 11) is 1.33. The second-order valence-corrected chi connectivity index (χ2v) is 3.88. The van der Waals surface area contributed by atoms with Crippen molar-refractivity contribution in [2.45, 2.75) is 33.4 Å². The average Bonchev–Trinajstić information content (AvgIpc) is 3.04. The molecule has 19 heavy (non-hydrogen) atoms. The van der Waals surface area contributed by atoms with E-state index < -0.39 is 5.97 Å². The average molecular weight is 264 g/mol. The maximum atomic E-state index is 11.6. The molecule has 102 valence electrons. The van der Waals surface area contributed by atoms with Crippen LogP contribution < -0.4 is 0 Å². The van der Waals surface area contributed by atoms with Gasteiger partial charge in [-0.05, 0) is 13.3 Å². The highest BCUT2D eigenvalue weighted by molar-refractivity contribution is 5.88. The van der Waals surface area contributed by atoms with E-state index in [9.17, 15) is 4.79 Å². The van der Waals surface area contributed by atoms with Crippen molar-refractivity contribution in [3.05, 3.63) is 23.5 Å². The Kier molecular flexibility index (Phi) is 3.88. The summed E-state index contributed by atoms with van der Waals surface area (Å²) in [6.45, 7) is 5.09. The van der Waals surface area contributed by atoms with Gasteiger partial charge in [0.15, 0.2) is 5.69 Å². The monoisotopic (exact) mass is 264 g/mol. The fraction of sp³-hybridized carbons (Fsp3) is 0.545. The Labute approximate surface area is 110 Å². The van der Waals surface area contributed by atoms with Gasteiger partial charge in [0, 0.05) is 6.54 Å². The van der Waals surface area contributed by atoms with Crippen molar-refractivity contribution in [3.63, 3.8) is 0 Å². The zero-order chi connectivity index (χ0) is 13.8. The predicted octanol–water partition coefficient (Wildman–Crippen LogP) is 0.287. The van der Waals surface area contributed by atoms with Crippen LogP contribution in [-0.4, -0.2) is 42.8 Å². The summed E-state index contributed by atoms with van der Waals surface area (Å²) in [6.07, 6.45) is 2.14. The molecule has 2 aromatic rings. The second-order valence-electron chi connectivity index (χ2n) is 3.88. The fourth-order valence-corrected chi connectivity index (χ4v) is 1.87. The quantitative estimate of drug-likeness (QED) is 0.721. The minimum Gasteiger partial charge on any atom is -0.464 e. The number of aromatic nitrogens is 6. The summed E-state index contributed by atoms with van der Waals surface area (Å²) in [5, 5.41) is 12.0. The maximum Gasteiger partial charge on any atom is 0.360 e. The summed E-state index contributed by atoms with van der Waals surface area (Å²) in [5.74, 6) is 0.304. The van der Waals surface area contributed by atoms with Gasteiger partial charge >= 0.3 is 5.97 Å². The van der Waals surface area contributed by atoms with Crippen LogP contribution in [0.1, 0.15) is 35.9 Å². The highest BCUT2D eigenvalue weighted by atomic mass is 16.5. The molecule has 0 amide bonds. The Morgan fingerprint density at radius 3 is 2.79 bits per heavy atom. The van der Waals surface area contributed by atoms with E-state index in [1.165, 1.54) is 13.4 Å². The molecule has 0 spiro atoms. The third-order valence-corrected chi connectivity index (χ3v) is 2.84. The summed E-state index contributed by atoms with van der Waals surface area (Å²) >= 11 is 0. The van der Waals surface area contributed by atoms with Crippen LogP contribution in [0, 0.1) is 0 Å². The van der Waals surface area contributed by atoms with Crippen LogP contribution in [0.25, 0.3) is 0 Å². The number of esters is 1. The standard InChI is InChI=1S/C11H16N6O2/c1-4-8-10(11(18)19-3)14-15-17(8)6-9-12-7-13-16(9)5-2/h7H,4-6H2,1-3H3. The minimum absolute atomic E-state index is 0.257. The summed E-state index contributed by atoms with van der Waals surface area (Å²) in [5.41, 5.74) is 0.991. The van der Waals surface area contributed by atoms with Gasteiger partial charge in [-0.25, -0.2) is 19.1 Å². The lowest BCUT2D eigenvalue weighted by Gasteiger charge is -2.06. The molecule has 0 aliphatic rings. The molecule has 0 saturated heterocycles. The second kappa shape index (κ2) is 5.59. The molecule has 0 fully saturated rings. The number of nitrogens with zero attached hydrogens (tertiary/aromatic N) is 6. The van der Waals surface area contributed by atoms with Gasteiger partial charge in [-0.1, -0.05) is 12.1 Å². The van der Waals surface area contributed by atoms with E-state index in [4.69, 9.17) is 0 Å². The highest BCUT2D eigenvalue weighted by Gasteiger charge is 2.19. The van der Waals surface area contributed by atoms with Crippen LogP contribution in [0.5, 0.6) is 0 Å². The number of hydrogen-bond acceptors (Lipinski definition) is 6. The third-order valence-electron chi connectivity index (χ3n) is 2.84. The van der Waals surface area contributed by atoms with E-state index in [-0.39, 0.29) is 5.69 Å². The Bertz CT molecular complexity index is 574. The number of carbonyl (C=O) groups excluding carboxylic acids is 1. The van der Waals surface area contributed by atoms with Gasteiger partial charge in [0.05, 0.1) is 12.8 Å². The van der Waals surface area contributed by atoms with Crippen LogP contribution in [-0.2, 0) is 24.2 Å². The molecular formula is C11H16N6O2. The van der Waals surface area contributed by atoms with Gasteiger partial charge in [-0.3, -0.25) is 0 Å². The van der Waals surface area contributed by atoms with Crippen molar-refractivity contribution in [2.24, 2.45) is 0 Å². The Morgan fingerprint density at radius 1 is 1.37 bits per heavy atom. The van der Waals surface area contributed by atoms with Gasteiger partial charge in [0.25, 0.3) is 0 Å². The van der Waals surface area contributed by atoms with E-state index >= 15 is 0 Å². The third kappa shape index (κ3) is 2.47. The van der Waals surface area contributed by atoms with Gasteiger partial charge in [-0.2, -0.15) is 5.10 Å². The van der Waals surface area contributed by atoms with E-state index in [1.807, 2.05) is 13.8 Å². The van der Waals surface area contributed by atoms with Crippen molar-refractivity contribution >= 4 is 5.97 Å². The van der Waals surface area contributed by atoms with Crippen LogP contribution in [0.15, 0.2) is 6.33 Å². The fourth-order valence-electron chi connectivity index (χ4n) is 1.87. The molecule has 0 aromatic carbocycles. The Morgan fingerprint density at radius 2 is 2.16 bits per heavy atom. The van der Waals surface area contributed by atoms with Gasteiger partial charge < -0.3 is 4.74 Å². The minimum atomic E-state index is -0.472. The van der Waals surface area contributed by atoms with Crippen LogP contribution >= 0.6 is 0 Å². The Hall–Kier alpha value is -2.25. The topological polar surface area (TPSA) is 87.7 Å². The molecule has 0 N–H and O–H groups in total. The first-order chi connectivity index (χ1) is 9.21. The molecule has 8 nitrogen and oxygen atoms in total. The zero-order valence-electron chi connectivity index (χ0n) is 11.2. The SMILES string of the molecule is CCc1c(C(=O)OC)nnn1Cc1ncnn1CC. The van der Waals surface area contributed by atoms with Crippen molar-refractivity contribution in [3.8, 4) is 0 Å². The molecule has 2 rings (SSSR count). The molecule has 0 saturated carbocycles. The van der Waals surface area contributed by atoms with Crippen LogP contribution in [0.2, 0.25) is 0 Å². The number of ether oxygens (including phenoxy) is 1. The Balaban J connectivity index is 2.31. The first-order valence-electron chi connectivity index (χ1n) is 6.08. The largest absolute Gasteiger partial charge is 0.464 e. The summed E-state index contributed by atoms with van der Waals surface area (Å²) in [6, 6.07) is 0. The number of carbonyl (C=O) groups is 1. The molecule has 0 bridgehead atoms. The molecule has 8 heteroatoms. The molecular weight excluding hydrogens is 248 g/mol. The number of hydrogen-bond donors (Lipinski definition) is 0. The predicted molar refractivity (Wildman–Crippen MR) is 65.5 cm³/mol. The number of aryl methyl sites for hydroxylation is 1. The molecule has 2 heterocycles. The smallest absolute Gasteiger partial charge is 0.360 e. The lowest BCUT2D eigenvalue weighted by molar-refractivity contribution is 0.0592. The summed E-state index contributed by atoms with van der Waals surface area (Å²) < 4.78 is 8.12. The molecule has 0 unspecified atom stereocenters. The lowest BCUT2D eigenvalue weighted by Crippen LogP contribution is -2.13.